The van der Waals surface area contributed by atoms with Gasteiger partial charge in [0.05, 0.1) is 11.8 Å². The summed E-state index contributed by atoms with van der Waals surface area (Å²) in [5, 5.41) is 3.47. The number of aryl methyl sites for hydroxylation is 1. The van der Waals surface area contributed by atoms with Gasteiger partial charge in [-0.1, -0.05) is 11.6 Å². The van der Waals surface area contributed by atoms with Crippen LogP contribution in [0, 0.1) is 18.7 Å². The maximum atomic E-state index is 14.0. The Bertz CT molecular complexity index is 990. The summed E-state index contributed by atoms with van der Waals surface area (Å²) >= 11 is 5.78. The first-order chi connectivity index (χ1) is 9.90. The summed E-state index contributed by atoms with van der Waals surface area (Å²) in [6, 6.07) is 2.84. The Balaban J connectivity index is 2.49. The normalized spacial score (nSPS) is 11.2. The van der Waals surface area contributed by atoms with Crippen LogP contribution in [-0.4, -0.2) is 14.1 Å². The summed E-state index contributed by atoms with van der Waals surface area (Å²) in [6.45, 7) is 1.60. The molecule has 0 aliphatic carbocycles. The molecule has 3 rings (SSSR count). The Kier molecular flexibility index (Phi) is 2.91. The summed E-state index contributed by atoms with van der Waals surface area (Å²) in [4.78, 5) is 23.3. The second kappa shape index (κ2) is 4.52. The molecule has 0 N–H and O–H groups in total. The fraction of sp³-hybridized carbons (Fsp3) is 0.0833. The average molecular weight is 314 g/mol. The van der Waals surface area contributed by atoms with Crippen LogP contribution in [-0.2, 0) is 0 Å². The third kappa shape index (κ3) is 1.95. The molecule has 0 atom stereocenters. The number of nitrogens with zero attached hydrogens (tertiary/aromatic N) is 3. The van der Waals surface area contributed by atoms with Crippen molar-refractivity contribution in [2.75, 3.05) is 0 Å². The molecule has 6 nitrogen and oxygen atoms in total. The minimum atomic E-state index is -1.15. The molecule has 0 saturated carbocycles. The summed E-state index contributed by atoms with van der Waals surface area (Å²) < 4.78 is 33.1. The van der Waals surface area contributed by atoms with Gasteiger partial charge in [0.25, 0.3) is 11.3 Å². The Labute approximate surface area is 119 Å². The molecule has 0 aliphatic heterocycles. The summed E-state index contributed by atoms with van der Waals surface area (Å²) in [5.74, 6) is -3.56. The molecule has 0 aliphatic rings. The number of aromatic nitrogens is 3. The van der Waals surface area contributed by atoms with Crippen molar-refractivity contribution in [1.29, 1.82) is 0 Å². The third-order valence-electron chi connectivity index (χ3n) is 2.93. The van der Waals surface area contributed by atoms with E-state index in [2.05, 4.69) is 9.68 Å². The Morgan fingerprint density at radius 2 is 1.95 bits per heavy atom. The summed E-state index contributed by atoms with van der Waals surface area (Å²) in [6.07, 6.45) is 0. The van der Waals surface area contributed by atoms with Crippen LogP contribution in [0.4, 0.5) is 8.78 Å². The molecule has 0 fully saturated rings. The molecular formula is C12H6ClF2N3O3. The van der Waals surface area contributed by atoms with E-state index in [-0.39, 0.29) is 10.7 Å². The van der Waals surface area contributed by atoms with Crippen molar-refractivity contribution >= 4 is 17.4 Å². The lowest BCUT2D eigenvalue weighted by atomic mass is 10.2. The number of hydrogen-bond donors (Lipinski definition) is 0. The lowest BCUT2D eigenvalue weighted by Crippen LogP contribution is -2.25. The minimum Gasteiger partial charge on any atom is -0.293 e. The monoisotopic (exact) mass is 313 g/mol. The van der Waals surface area contributed by atoms with Crippen molar-refractivity contribution in [3.8, 4) is 5.69 Å². The van der Waals surface area contributed by atoms with Crippen LogP contribution < -0.4 is 11.3 Å². The first-order valence-electron chi connectivity index (χ1n) is 5.66. The zero-order chi connectivity index (χ0) is 15.3. The van der Waals surface area contributed by atoms with Gasteiger partial charge in [0.1, 0.15) is 5.82 Å². The van der Waals surface area contributed by atoms with E-state index in [1.165, 1.54) is 6.07 Å². The third-order valence-corrected chi connectivity index (χ3v) is 3.34. The molecule has 2 aromatic heterocycles. The number of hydrogen-bond acceptors (Lipinski definition) is 4. The molecule has 0 amide bonds. The lowest BCUT2D eigenvalue weighted by molar-refractivity contribution is 0.381. The van der Waals surface area contributed by atoms with Gasteiger partial charge >= 0.3 is 5.76 Å². The van der Waals surface area contributed by atoms with Gasteiger partial charge in [0.15, 0.2) is 0 Å². The zero-order valence-corrected chi connectivity index (χ0v) is 11.2. The maximum absolute atomic E-state index is 14.0. The van der Waals surface area contributed by atoms with Crippen LogP contribution in [0.15, 0.2) is 32.3 Å². The minimum absolute atomic E-state index is 0.167. The Morgan fingerprint density at radius 1 is 1.24 bits per heavy atom. The van der Waals surface area contributed by atoms with Gasteiger partial charge in [-0.2, -0.15) is 8.79 Å². The second-order valence-corrected chi connectivity index (χ2v) is 4.68. The second-order valence-electron chi connectivity index (χ2n) is 4.28. The zero-order valence-electron chi connectivity index (χ0n) is 10.4. The van der Waals surface area contributed by atoms with Gasteiger partial charge in [-0.25, -0.2) is 13.8 Å². The van der Waals surface area contributed by atoms with Crippen LogP contribution >= 0.6 is 11.6 Å². The van der Waals surface area contributed by atoms with E-state index in [1.807, 2.05) is 0 Å². The van der Waals surface area contributed by atoms with E-state index in [1.54, 1.807) is 6.92 Å². The predicted molar refractivity (Wildman–Crippen MR) is 69.0 cm³/mol. The molecule has 21 heavy (non-hydrogen) atoms. The maximum Gasteiger partial charge on any atom is 0.449 e. The number of rotatable bonds is 1. The van der Waals surface area contributed by atoms with Crippen LogP contribution in [0.5, 0.6) is 0 Å². The van der Waals surface area contributed by atoms with Crippen molar-refractivity contribution < 1.29 is 13.3 Å². The van der Waals surface area contributed by atoms with Gasteiger partial charge < -0.3 is 0 Å². The van der Waals surface area contributed by atoms with Crippen LogP contribution in [0.1, 0.15) is 5.56 Å². The average Bonchev–Trinajstić information content (AvgIpc) is 2.78. The number of benzene rings is 1. The SMILES string of the molecule is Cc1cc(-n2c(=O)cc(F)n3c(=O)onc23)c(F)cc1Cl. The van der Waals surface area contributed by atoms with E-state index in [0.717, 1.165) is 10.6 Å². The number of fused-ring (bicyclic) bond motifs is 1. The highest BCUT2D eigenvalue weighted by Crippen LogP contribution is 2.22. The molecule has 0 radical (unpaired) electrons. The fourth-order valence-corrected chi connectivity index (χ4v) is 2.09. The van der Waals surface area contributed by atoms with Crippen molar-refractivity contribution in [2.45, 2.75) is 6.92 Å². The molecule has 1 aromatic carbocycles. The van der Waals surface area contributed by atoms with Gasteiger partial charge in [-0.15, -0.1) is 0 Å². The topological polar surface area (TPSA) is 69.5 Å². The van der Waals surface area contributed by atoms with Gasteiger partial charge in [0.2, 0.25) is 5.95 Å². The molecule has 2 heterocycles. The highest BCUT2D eigenvalue weighted by atomic mass is 35.5. The molecule has 0 bridgehead atoms. The molecule has 0 spiro atoms. The molecule has 3 aromatic rings. The quantitative estimate of drug-likeness (QED) is 0.641. The van der Waals surface area contributed by atoms with Crippen molar-refractivity contribution in [1.82, 2.24) is 14.1 Å². The van der Waals surface area contributed by atoms with E-state index >= 15 is 0 Å². The Morgan fingerprint density at radius 3 is 2.67 bits per heavy atom. The fourth-order valence-electron chi connectivity index (χ4n) is 1.94. The first kappa shape index (κ1) is 13.5. The van der Waals surface area contributed by atoms with Crippen molar-refractivity contribution in [3.63, 3.8) is 0 Å². The molecular weight excluding hydrogens is 308 g/mol. The molecule has 0 unspecified atom stereocenters. The van der Waals surface area contributed by atoms with Crippen molar-refractivity contribution in [2.24, 2.45) is 0 Å². The molecule has 108 valence electrons. The first-order valence-corrected chi connectivity index (χ1v) is 6.04. The standard InChI is InChI=1S/C12H6ClF2N3O3/c1-5-2-8(7(14)3-6(5)13)17-10(19)4-9(15)18-11(17)16-21-12(18)20/h2-4H,1H3. The van der Waals surface area contributed by atoms with Gasteiger partial charge in [-0.3, -0.25) is 9.32 Å². The molecule has 0 saturated heterocycles. The smallest absolute Gasteiger partial charge is 0.293 e. The highest BCUT2D eigenvalue weighted by Gasteiger charge is 2.18. The van der Waals surface area contributed by atoms with E-state index in [4.69, 9.17) is 11.6 Å². The largest absolute Gasteiger partial charge is 0.449 e. The van der Waals surface area contributed by atoms with Crippen LogP contribution in [0.2, 0.25) is 5.02 Å². The summed E-state index contributed by atoms with van der Waals surface area (Å²) in [5.41, 5.74) is -0.623. The van der Waals surface area contributed by atoms with Crippen LogP contribution in [0.25, 0.3) is 11.5 Å². The van der Waals surface area contributed by atoms with E-state index in [9.17, 15) is 18.4 Å². The molecule has 9 heteroatoms. The highest BCUT2D eigenvalue weighted by molar-refractivity contribution is 6.31. The van der Waals surface area contributed by atoms with E-state index in [0.29, 0.717) is 16.0 Å². The van der Waals surface area contributed by atoms with Gasteiger partial charge in [-0.05, 0) is 29.8 Å². The summed E-state index contributed by atoms with van der Waals surface area (Å²) in [7, 11) is 0. The Hall–Kier alpha value is -2.48. The number of halogens is 3. The van der Waals surface area contributed by atoms with Gasteiger partial charge in [0, 0.05) is 5.02 Å². The lowest BCUT2D eigenvalue weighted by Gasteiger charge is -2.09. The predicted octanol–water partition coefficient (Wildman–Crippen LogP) is 1.68. The van der Waals surface area contributed by atoms with Crippen LogP contribution in [0.3, 0.4) is 0 Å². The van der Waals surface area contributed by atoms with E-state index < -0.39 is 28.9 Å². The van der Waals surface area contributed by atoms with Crippen molar-refractivity contribution in [3.05, 3.63) is 61.5 Å².